The predicted octanol–water partition coefficient (Wildman–Crippen LogP) is 2.18. The van der Waals surface area contributed by atoms with Crippen molar-refractivity contribution in [2.24, 2.45) is 5.92 Å². The molecule has 1 amide bonds. The molecule has 0 radical (unpaired) electrons. The van der Waals surface area contributed by atoms with Crippen molar-refractivity contribution < 1.29 is 19.1 Å². The van der Waals surface area contributed by atoms with Crippen LogP contribution < -0.4 is 0 Å². The summed E-state index contributed by atoms with van der Waals surface area (Å²) in [6, 6.07) is 6.12. The largest absolute Gasteiger partial charge is 0.481 e. The van der Waals surface area contributed by atoms with Gasteiger partial charge in [-0.2, -0.15) is 0 Å². The second-order valence-corrected chi connectivity index (χ2v) is 6.02. The zero-order chi connectivity index (χ0) is 15.0. The first-order valence-corrected chi connectivity index (χ1v) is 7.31. The minimum absolute atomic E-state index is 0.00380. The third kappa shape index (κ3) is 2.30. The Bertz CT molecular complexity index is 565. The molecule has 0 unspecified atom stereocenters. The number of likely N-dealkylation sites (tertiary alicyclic amines) is 1. The van der Waals surface area contributed by atoms with Gasteiger partial charge in [-0.05, 0) is 37.0 Å². The van der Waals surface area contributed by atoms with Gasteiger partial charge in [0.2, 0.25) is 5.91 Å². The number of carbonyl (C=O) groups excluding carboxylic acids is 1. The molecule has 1 aliphatic heterocycles. The maximum absolute atomic E-state index is 13.1. The number of amides is 1. The van der Waals surface area contributed by atoms with Gasteiger partial charge in [0, 0.05) is 13.1 Å². The topological polar surface area (TPSA) is 57.6 Å². The van der Waals surface area contributed by atoms with Crippen LogP contribution in [0.2, 0.25) is 0 Å². The molecule has 1 heterocycles. The van der Waals surface area contributed by atoms with Crippen molar-refractivity contribution in [3.05, 3.63) is 35.6 Å². The molecular weight excluding hydrogens is 273 g/mol. The Morgan fingerprint density at radius 3 is 2.38 bits per heavy atom. The second-order valence-electron chi connectivity index (χ2n) is 6.02. The fourth-order valence-electron chi connectivity index (χ4n) is 3.37. The fourth-order valence-corrected chi connectivity index (χ4v) is 3.37. The summed E-state index contributed by atoms with van der Waals surface area (Å²) in [6.45, 7) is 0.788. The molecule has 1 aromatic carbocycles. The van der Waals surface area contributed by atoms with Gasteiger partial charge in [0.1, 0.15) is 5.82 Å². The molecule has 1 saturated heterocycles. The van der Waals surface area contributed by atoms with Crippen molar-refractivity contribution in [3.8, 4) is 0 Å². The zero-order valence-electron chi connectivity index (χ0n) is 11.7. The molecule has 1 aromatic rings. The second kappa shape index (κ2) is 5.13. The van der Waals surface area contributed by atoms with Crippen LogP contribution in [0.25, 0.3) is 0 Å². The first-order chi connectivity index (χ1) is 10.0. The monoisotopic (exact) mass is 291 g/mol. The Morgan fingerprint density at radius 1 is 1.24 bits per heavy atom. The van der Waals surface area contributed by atoms with Gasteiger partial charge in [-0.25, -0.2) is 4.39 Å². The van der Waals surface area contributed by atoms with Gasteiger partial charge in [0.05, 0.1) is 11.3 Å². The van der Waals surface area contributed by atoms with E-state index in [1.165, 1.54) is 12.1 Å². The van der Waals surface area contributed by atoms with E-state index in [-0.39, 0.29) is 18.3 Å². The third-order valence-corrected chi connectivity index (χ3v) is 4.84. The number of benzene rings is 1. The quantitative estimate of drug-likeness (QED) is 0.928. The average Bonchev–Trinajstić information content (AvgIpc) is 2.89. The number of nitrogens with zero attached hydrogens (tertiary/aromatic N) is 1. The van der Waals surface area contributed by atoms with Crippen LogP contribution in [0.15, 0.2) is 24.3 Å². The molecule has 4 nitrogen and oxygen atoms in total. The third-order valence-electron chi connectivity index (χ3n) is 4.84. The average molecular weight is 291 g/mol. The molecule has 5 heteroatoms. The van der Waals surface area contributed by atoms with Crippen molar-refractivity contribution >= 4 is 11.9 Å². The van der Waals surface area contributed by atoms with Crippen molar-refractivity contribution in [1.29, 1.82) is 0 Å². The van der Waals surface area contributed by atoms with Gasteiger partial charge < -0.3 is 10.0 Å². The van der Waals surface area contributed by atoms with Crippen LogP contribution in [0, 0.1) is 11.7 Å². The molecule has 1 saturated carbocycles. The van der Waals surface area contributed by atoms with Crippen molar-refractivity contribution in [1.82, 2.24) is 4.90 Å². The lowest BCUT2D eigenvalue weighted by molar-refractivity contribution is -0.142. The van der Waals surface area contributed by atoms with Crippen molar-refractivity contribution in [2.75, 3.05) is 13.1 Å². The number of carbonyl (C=O) groups is 2. The molecule has 21 heavy (non-hydrogen) atoms. The number of halogens is 1. The summed E-state index contributed by atoms with van der Waals surface area (Å²) in [7, 11) is 0. The first-order valence-electron chi connectivity index (χ1n) is 7.31. The highest BCUT2D eigenvalue weighted by Crippen LogP contribution is 2.45. The van der Waals surface area contributed by atoms with Crippen molar-refractivity contribution in [2.45, 2.75) is 31.1 Å². The van der Waals surface area contributed by atoms with E-state index in [0.717, 1.165) is 24.8 Å². The number of carboxylic acids is 1. The van der Waals surface area contributed by atoms with Gasteiger partial charge in [0.15, 0.2) is 0 Å². The molecule has 2 fully saturated rings. The Morgan fingerprint density at radius 2 is 1.90 bits per heavy atom. The molecule has 1 atom stereocenters. The standard InChI is InChI=1S/C16H18FNO3/c17-13-4-2-12(3-5-13)16(7-1-8-16)15(21)18-9-6-11(10-18)14(19)20/h2-5,11H,1,6-10H2,(H,19,20)/t11-/m1/s1. The lowest BCUT2D eigenvalue weighted by Gasteiger charge is -2.43. The summed E-state index contributed by atoms with van der Waals surface area (Å²) in [6.07, 6.45) is 3.00. The molecule has 3 rings (SSSR count). The molecule has 0 bridgehead atoms. The first kappa shape index (κ1) is 14.0. The Kier molecular flexibility index (Phi) is 3.43. The molecule has 1 aliphatic carbocycles. The summed E-state index contributed by atoms with van der Waals surface area (Å²) in [4.78, 5) is 25.5. The van der Waals surface area contributed by atoms with Gasteiger partial charge in [-0.3, -0.25) is 9.59 Å². The Balaban J connectivity index is 1.81. The number of hydrogen-bond acceptors (Lipinski definition) is 2. The lowest BCUT2D eigenvalue weighted by Crippen LogP contribution is -2.50. The molecule has 112 valence electrons. The molecule has 2 aliphatic rings. The minimum Gasteiger partial charge on any atom is -0.481 e. The van der Waals surface area contributed by atoms with Gasteiger partial charge >= 0.3 is 5.97 Å². The van der Waals surface area contributed by atoms with E-state index >= 15 is 0 Å². The van der Waals surface area contributed by atoms with Crippen molar-refractivity contribution in [3.63, 3.8) is 0 Å². The summed E-state index contributed by atoms with van der Waals surface area (Å²) < 4.78 is 13.1. The normalized spacial score (nSPS) is 23.7. The minimum atomic E-state index is -0.838. The Hall–Kier alpha value is -1.91. The summed E-state index contributed by atoms with van der Waals surface area (Å²) >= 11 is 0. The van der Waals surface area contributed by atoms with Crippen LogP contribution in [0.5, 0.6) is 0 Å². The number of carboxylic acid groups (broad SMARTS) is 1. The maximum atomic E-state index is 13.1. The zero-order valence-corrected chi connectivity index (χ0v) is 11.7. The van der Waals surface area contributed by atoms with E-state index in [1.807, 2.05) is 0 Å². The van der Waals surface area contributed by atoms with E-state index in [0.29, 0.717) is 13.0 Å². The van der Waals surface area contributed by atoms with Crippen LogP contribution in [0.3, 0.4) is 0 Å². The van der Waals surface area contributed by atoms with E-state index in [9.17, 15) is 14.0 Å². The predicted molar refractivity (Wildman–Crippen MR) is 74.3 cm³/mol. The van der Waals surface area contributed by atoms with E-state index in [1.54, 1.807) is 17.0 Å². The van der Waals surface area contributed by atoms with Crippen LogP contribution >= 0.6 is 0 Å². The van der Waals surface area contributed by atoms with Gasteiger partial charge in [-0.1, -0.05) is 18.6 Å². The van der Waals surface area contributed by atoms with Gasteiger partial charge in [0.25, 0.3) is 0 Å². The van der Waals surface area contributed by atoms with Gasteiger partial charge in [-0.15, -0.1) is 0 Å². The summed E-state index contributed by atoms with van der Waals surface area (Å²) in [5.41, 5.74) is 0.278. The fraction of sp³-hybridized carbons (Fsp3) is 0.500. The van der Waals surface area contributed by atoms with E-state index < -0.39 is 17.3 Å². The van der Waals surface area contributed by atoms with Crippen LogP contribution in [0.4, 0.5) is 4.39 Å². The van der Waals surface area contributed by atoms with Crippen LogP contribution in [0.1, 0.15) is 31.2 Å². The molecule has 1 N–H and O–H groups in total. The highest BCUT2D eigenvalue weighted by atomic mass is 19.1. The highest BCUT2D eigenvalue weighted by molar-refractivity contribution is 5.90. The van der Waals surface area contributed by atoms with E-state index in [4.69, 9.17) is 5.11 Å². The number of hydrogen-bond donors (Lipinski definition) is 1. The smallest absolute Gasteiger partial charge is 0.308 e. The van der Waals surface area contributed by atoms with Crippen LogP contribution in [-0.2, 0) is 15.0 Å². The molecule has 0 spiro atoms. The SMILES string of the molecule is O=C(O)[C@@H]1CCN(C(=O)C2(c3ccc(F)cc3)CCC2)C1. The molecule has 0 aromatic heterocycles. The summed E-state index contributed by atoms with van der Waals surface area (Å²) in [5.74, 6) is -1.61. The van der Waals surface area contributed by atoms with E-state index in [2.05, 4.69) is 0 Å². The highest BCUT2D eigenvalue weighted by Gasteiger charge is 2.49. The van der Waals surface area contributed by atoms with Crippen LogP contribution in [-0.4, -0.2) is 35.0 Å². The number of rotatable bonds is 3. The maximum Gasteiger partial charge on any atom is 0.308 e. The summed E-state index contributed by atoms with van der Waals surface area (Å²) in [5, 5.41) is 9.05. The lowest BCUT2D eigenvalue weighted by atomic mass is 9.63. The molecular formula is C16H18FNO3. The Labute approximate surface area is 122 Å². The number of aliphatic carboxylic acids is 1.